The first-order valence-corrected chi connectivity index (χ1v) is 7.99. The normalized spacial score (nSPS) is 13.7. The second kappa shape index (κ2) is 4.64. The maximum absolute atomic E-state index is 2.45. The molecule has 0 radical (unpaired) electrons. The molecule has 0 N–H and O–H groups in total. The lowest BCUT2D eigenvalue weighted by Crippen LogP contribution is -1.88. The third kappa shape index (κ3) is 1.83. The molecule has 2 aromatic heterocycles. The number of aryl methyl sites for hydroxylation is 2. The standard InChI is InChI=1S/C18H17NS/c1-13-9-10-17(20-13)15-12-19-11-5-8-16(19)18(15)14-6-3-2-4-7-14/h2-4,6-7,9-10,12H,5,8,11H2,1H3. The van der Waals surface area contributed by atoms with Gasteiger partial charge in [-0.3, -0.25) is 0 Å². The maximum Gasteiger partial charge on any atom is 0.0367 e. The van der Waals surface area contributed by atoms with Gasteiger partial charge in [-0.25, -0.2) is 0 Å². The van der Waals surface area contributed by atoms with Gasteiger partial charge in [0.2, 0.25) is 0 Å². The average molecular weight is 279 g/mol. The molecule has 3 aromatic rings. The summed E-state index contributed by atoms with van der Waals surface area (Å²) < 4.78 is 2.45. The van der Waals surface area contributed by atoms with Crippen LogP contribution in [0.4, 0.5) is 0 Å². The monoisotopic (exact) mass is 279 g/mol. The lowest BCUT2D eigenvalue weighted by molar-refractivity contribution is 0.751. The van der Waals surface area contributed by atoms with Crippen molar-refractivity contribution in [1.82, 2.24) is 4.57 Å². The topological polar surface area (TPSA) is 4.93 Å². The van der Waals surface area contributed by atoms with Crippen molar-refractivity contribution < 1.29 is 0 Å². The van der Waals surface area contributed by atoms with Gasteiger partial charge in [0.1, 0.15) is 0 Å². The summed E-state index contributed by atoms with van der Waals surface area (Å²) in [7, 11) is 0. The molecule has 100 valence electrons. The Bertz CT molecular complexity index is 749. The van der Waals surface area contributed by atoms with Crippen LogP contribution >= 0.6 is 11.3 Å². The van der Waals surface area contributed by atoms with E-state index in [0.717, 1.165) is 0 Å². The summed E-state index contributed by atoms with van der Waals surface area (Å²) in [4.78, 5) is 2.77. The molecule has 0 fully saturated rings. The highest BCUT2D eigenvalue weighted by Gasteiger charge is 2.22. The van der Waals surface area contributed by atoms with E-state index in [-0.39, 0.29) is 0 Å². The predicted molar refractivity (Wildman–Crippen MR) is 86.2 cm³/mol. The molecule has 0 aliphatic carbocycles. The van der Waals surface area contributed by atoms with Crippen molar-refractivity contribution >= 4 is 11.3 Å². The highest BCUT2D eigenvalue weighted by Crippen LogP contribution is 2.41. The molecule has 2 heteroatoms. The highest BCUT2D eigenvalue weighted by molar-refractivity contribution is 7.15. The number of hydrogen-bond donors (Lipinski definition) is 0. The molecule has 0 amide bonds. The number of thiophene rings is 1. The predicted octanol–water partition coefficient (Wildman–Crippen LogP) is 5.14. The van der Waals surface area contributed by atoms with Crippen LogP contribution in [0.5, 0.6) is 0 Å². The fourth-order valence-corrected chi connectivity index (χ4v) is 4.06. The summed E-state index contributed by atoms with van der Waals surface area (Å²) in [6.45, 7) is 3.35. The Morgan fingerprint density at radius 3 is 2.65 bits per heavy atom. The van der Waals surface area contributed by atoms with Crippen LogP contribution in [0.15, 0.2) is 48.7 Å². The first kappa shape index (κ1) is 12.0. The fourth-order valence-electron chi connectivity index (χ4n) is 3.18. The number of fused-ring (bicyclic) bond motifs is 1. The largest absolute Gasteiger partial charge is 0.350 e. The molecule has 0 bridgehead atoms. The Kier molecular flexibility index (Phi) is 2.78. The van der Waals surface area contributed by atoms with Crippen molar-refractivity contribution in [1.29, 1.82) is 0 Å². The summed E-state index contributed by atoms with van der Waals surface area (Å²) in [5.74, 6) is 0. The lowest BCUT2D eigenvalue weighted by Gasteiger charge is -2.05. The lowest BCUT2D eigenvalue weighted by atomic mass is 9.99. The zero-order valence-electron chi connectivity index (χ0n) is 11.6. The molecular weight excluding hydrogens is 262 g/mol. The van der Waals surface area contributed by atoms with Crippen LogP contribution in [0.3, 0.4) is 0 Å². The molecule has 0 atom stereocenters. The molecule has 1 nitrogen and oxygen atoms in total. The van der Waals surface area contributed by atoms with E-state index in [1.54, 1.807) is 0 Å². The Morgan fingerprint density at radius 2 is 1.90 bits per heavy atom. The Labute approximate surface area is 123 Å². The molecule has 1 aromatic carbocycles. The molecule has 20 heavy (non-hydrogen) atoms. The van der Waals surface area contributed by atoms with Gasteiger partial charge in [0.05, 0.1) is 0 Å². The molecule has 4 rings (SSSR count). The smallest absolute Gasteiger partial charge is 0.0367 e. The third-order valence-electron chi connectivity index (χ3n) is 4.07. The molecule has 0 spiro atoms. The van der Waals surface area contributed by atoms with Crippen LogP contribution in [-0.2, 0) is 13.0 Å². The van der Waals surface area contributed by atoms with Crippen molar-refractivity contribution in [2.75, 3.05) is 0 Å². The van der Waals surface area contributed by atoms with Gasteiger partial charge in [-0.1, -0.05) is 30.3 Å². The van der Waals surface area contributed by atoms with Crippen molar-refractivity contribution in [3.63, 3.8) is 0 Å². The van der Waals surface area contributed by atoms with Gasteiger partial charge in [0, 0.05) is 39.3 Å². The minimum atomic E-state index is 1.17. The second-order valence-electron chi connectivity index (χ2n) is 5.44. The van der Waals surface area contributed by atoms with Gasteiger partial charge in [0.25, 0.3) is 0 Å². The number of hydrogen-bond acceptors (Lipinski definition) is 1. The molecular formula is C18H17NS. The number of aromatic nitrogens is 1. The third-order valence-corrected chi connectivity index (χ3v) is 5.10. The van der Waals surface area contributed by atoms with Crippen LogP contribution in [0.1, 0.15) is 17.0 Å². The van der Waals surface area contributed by atoms with E-state index < -0.39 is 0 Å². The number of benzene rings is 1. The van der Waals surface area contributed by atoms with Gasteiger partial charge in [0.15, 0.2) is 0 Å². The summed E-state index contributed by atoms with van der Waals surface area (Å²) >= 11 is 1.89. The Morgan fingerprint density at radius 1 is 1.05 bits per heavy atom. The first-order valence-electron chi connectivity index (χ1n) is 7.17. The zero-order chi connectivity index (χ0) is 13.5. The van der Waals surface area contributed by atoms with E-state index in [1.165, 1.54) is 51.5 Å². The van der Waals surface area contributed by atoms with Gasteiger partial charge in [-0.15, -0.1) is 11.3 Å². The second-order valence-corrected chi connectivity index (χ2v) is 6.73. The van der Waals surface area contributed by atoms with Crippen LogP contribution in [-0.4, -0.2) is 4.57 Å². The van der Waals surface area contributed by atoms with Gasteiger partial charge < -0.3 is 4.57 Å². The number of rotatable bonds is 2. The fraction of sp³-hybridized carbons (Fsp3) is 0.222. The van der Waals surface area contributed by atoms with E-state index in [4.69, 9.17) is 0 Å². The minimum absolute atomic E-state index is 1.17. The van der Waals surface area contributed by atoms with E-state index in [0.29, 0.717) is 0 Å². The molecule has 3 heterocycles. The Hall–Kier alpha value is -1.80. The quantitative estimate of drug-likeness (QED) is 0.612. The maximum atomic E-state index is 2.45. The van der Waals surface area contributed by atoms with Crippen LogP contribution in [0.2, 0.25) is 0 Å². The summed E-state index contributed by atoms with van der Waals surface area (Å²) in [6, 6.07) is 15.3. The van der Waals surface area contributed by atoms with Crippen LogP contribution in [0, 0.1) is 6.92 Å². The SMILES string of the molecule is Cc1ccc(-c2cn3c(c2-c2ccccc2)CCC3)s1. The zero-order valence-corrected chi connectivity index (χ0v) is 12.4. The van der Waals surface area contributed by atoms with Crippen LogP contribution < -0.4 is 0 Å². The highest BCUT2D eigenvalue weighted by atomic mass is 32.1. The van der Waals surface area contributed by atoms with Crippen molar-refractivity contribution in [2.45, 2.75) is 26.3 Å². The van der Waals surface area contributed by atoms with Crippen molar-refractivity contribution in [3.8, 4) is 21.6 Å². The van der Waals surface area contributed by atoms with Crippen molar-refractivity contribution in [3.05, 3.63) is 59.2 Å². The van der Waals surface area contributed by atoms with Gasteiger partial charge in [-0.2, -0.15) is 0 Å². The van der Waals surface area contributed by atoms with E-state index in [9.17, 15) is 0 Å². The van der Waals surface area contributed by atoms with Crippen molar-refractivity contribution in [2.24, 2.45) is 0 Å². The first-order chi connectivity index (χ1) is 9.83. The summed E-state index contributed by atoms with van der Waals surface area (Å²) in [6.07, 6.45) is 4.84. The van der Waals surface area contributed by atoms with E-state index in [1.807, 2.05) is 11.3 Å². The molecule has 0 saturated carbocycles. The van der Waals surface area contributed by atoms with E-state index >= 15 is 0 Å². The average Bonchev–Trinajstić information content (AvgIpc) is 3.13. The van der Waals surface area contributed by atoms with Crippen LogP contribution in [0.25, 0.3) is 21.6 Å². The summed E-state index contributed by atoms with van der Waals surface area (Å²) in [5, 5.41) is 0. The summed E-state index contributed by atoms with van der Waals surface area (Å²) in [5.41, 5.74) is 5.72. The van der Waals surface area contributed by atoms with E-state index in [2.05, 4.69) is 60.2 Å². The number of nitrogens with zero attached hydrogens (tertiary/aromatic N) is 1. The van der Waals surface area contributed by atoms with Gasteiger partial charge >= 0.3 is 0 Å². The molecule has 0 unspecified atom stereocenters. The minimum Gasteiger partial charge on any atom is -0.350 e. The Balaban J connectivity index is 1.96. The molecule has 1 aliphatic heterocycles. The molecule has 0 saturated heterocycles. The van der Waals surface area contributed by atoms with Gasteiger partial charge in [-0.05, 0) is 37.5 Å². The molecule has 1 aliphatic rings.